The molecule has 144 valence electrons. The minimum Gasteiger partial charge on any atom is -0.317 e. The summed E-state index contributed by atoms with van der Waals surface area (Å²) in [6, 6.07) is 16.2. The summed E-state index contributed by atoms with van der Waals surface area (Å²) < 4.78 is 13.4. The highest BCUT2D eigenvalue weighted by Crippen LogP contribution is 2.39. The summed E-state index contributed by atoms with van der Waals surface area (Å²) in [5.41, 5.74) is 4.05. The largest absolute Gasteiger partial charge is 0.317 e. The summed E-state index contributed by atoms with van der Waals surface area (Å²) in [7, 11) is 0. The molecule has 2 fully saturated rings. The molecule has 1 saturated carbocycles. The molecule has 3 heteroatoms. The molecule has 1 saturated heterocycles. The molecule has 1 aliphatic heterocycles. The van der Waals surface area contributed by atoms with Crippen molar-refractivity contribution in [3.8, 4) is 0 Å². The SMILES string of the molecule is Fc1ccc(C2(NCc3cccc(CC4CCNCC4)c3)CCCC2)cc1. The highest BCUT2D eigenvalue weighted by Gasteiger charge is 2.34. The topological polar surface area (TPSA) is 24.1 Å². The van der Waals surface area contributed by atoms with Crippen molar-refractivity contribution >= 4 is 0 Å². The van der Waals surface area contributed by atoms with Crippen molar-refractivity contribution in [2.24, 2.45) is 5.92 Å². The maximum atomic E-state index is 13.4. The van der Waals surface area contributed by atoms with Crippen LogP contribution in [-0.2, 0) is 18.5 Å². The van der Waals surface area contributed by atoms with E-state index in [2.05, 4.69) is 34.9 Å². The third kappa shape index (κ3) is 4.59. The van der Waals surface area contributed by atoms with Gasteiger partial charge in [0.15, 0.2) is 0 Å². The van der Waals surface area contributed by atoms with E-state index in [1.807, 2.05) is 12.1 Å². The number of piperidine rings is 1. The fraction of sp³-hybridized carbons (Fsp3) is 0.500. The molecule has 0 amide bonds. The predicted molar refractivity (Wildman–Crippen MR) is 109 cm³/mol. The van der Waals surface area contributed by atoms with Gasteiger partial charge in [0.2, 0.25) is 0 Å². The van der Waals surface area contributed by atoms with E-state index in [0.29, 0.717) is 0 Å². The van der Waals surface area contributed by atoms with E-state index >= 15 is 0 Å². The van der Waals surface area contributed by atoms with Crippen molar-refractivity contribution in [1.29, 1.82) is 0 Å². The Morgan fingerprint density at radius 2 is 1.67 bits per heavy atom. The fourth-order valence-electron chi connectivity index (χ4n) is 4.87. The van der Waals surface area contributed by atoms with Crippen molar-refractivity contribution in [1.82, 2.24) is 10.6 Å². The molecular weight excluding hydrogens is 335 g/mol. The highest BCUT2D eigenvalue weighted by molar-refractivity contribution is 5.28. The summed E-state index contributed by atoms with van der Waals surface area (Å²) in [6.07, 6.45) is 8.51. The van der Waals surface area contributed by atoms with Crippen molar-refractivity contribution in [2.45, 2.75) is 57.0 Å². The van der Waals surface area contributed by atoms with Gasteiger partial charge in [0.05, 0.1) is 0 Å². The van der Waals surface area contributed by atoms with Crippen LogP contribution in [0.15, 0.2) is 48.5 Å². The Labute approximate surface area is 162 Å². The van der Waals surface area contributed by atoms with Gasteiger partial charge in [-0.05, 0) is 79.9 Å². The van der Waals surface area contributed by atoms with Gasteiger partial charge in [0.1, 0.15) is 5.82 Å². The second-order valence-corrected chi connectivity index (χ2v) is 8.37. The van der Waals surface area contributed by atoms with E-state index in [0.717, 1.165) is 38.4 Å². The van der Waals surface area contributed by atoms with Crippen LogP contribution in [0.25, 0.3) is 0 Å². The van der Waals surface area contributed by atoms with Crippen molar-refractivity contribution in [3.63, 3.8) is 0 Å². The van der Waals surface area contributed by atoms with Gasteiger partial charge >= 0.3 is 0 Å². The maximum absolute atomic E-state index is 13.4. The molecule has 4 rings (SSSR count). The van der Waals surface area contributed by atoms with E-state index in [1.54, 1.807) is 12.1 Å². The molecule has 0 spiro atoms. The first kappa shape index (κ1) is 18.6. The smallest absolute Gasteiger partial charge is 0.123 e. The zero-order chi connectivity index (χ0) is 18.5. The van der Waals surface area contributed by atoms with Crippen LogP contribution >= 0.6 is 0 Å². The van der Waals surface area contributed by atoms with Gasteiger partial charge in [-0.3, -0.25) is 0 Å². The Kier molecular flexibility index (Phi) is 5.89. The van der Waals surface area contributed by atoms with Gasteiger partial charge in [-0.1, -0.05) is 49.2 Å². The molecule has 2 nitrogen and oxygen atoms in total. The van der Waals surface area contributed by atoms with Gasteiger partial charge < -0.3 is 10.6 Å². The number of hydrogen-bond donors (Lipinski definition) is 2. The summed E-state index contributed by atoms with van der Waals surface area (Å²) >= 11 is 0. The predicted octanol–water partition coefficient (Wildman–Crippen LogP) is 4.93. The molecule has 1 aliphatic carbocycles. The molecule has 2 aromatic carbocycles. The zero-order valence-corrected chi connectivity index (χ0v) is 16.1. The Balaban J connectivity index is 1.43. The first-order valence-electron chi connectivity index (χ1n) is 10.5. The number of rotatable bonds is 6. The monoisotopic (exact) mass is 366 g/mol. The molecular formula is C24H31FN2. The molecule has 0 bridgehead atoms. The summed E-state index contributed by atoms with van der Waals surface area (Å²) in [6.45, 7) is 3.19. The first-order valence-corrected chi connectivity index (χ1v) is 10.5. The van der Waals surface area contributed by atoms with Gasteiger partial charge in [-0.25, -0.2) is 4.39 Å². The molecule has 2 N–H and O–H groups in total. The molecule has 0 aromatic heterocycles. The minimum absolute atomic E-state index is 0.00125. The molecule has 2 aliphatic rings. The normalized spacial score (nSPS) is 20.0. The van der Waals surface area contributed by atoms with Crippen molar-refractivity contribution in [3.05, 3.63) is 71.0 Å². The number of nitrogens with one attached hydrogen (secondary N) is 2. The van der Waals surface area contributed by atoms with E-state index < -0.39 is 0 Å². The van der Waals surface area contributed by atoms with Gasteiger partial charge in [-0.2, -0.15) is 0 Å². The summed E-state index contributed by atoms with van der Waals surface area (Å²) in [5, 5.41) is 7.30. The number of hydrogen-bond acceptors (Lipinski definition) is 2. The van der Waals surface area contributed by atoms with Crippen LogP contribution in [0.5, 0.6) is 0 Å². The Hall–Kier alpha value is -1.71. The molecule has 1 heterocycles. The lowest BCUT2D eigenvalue weighted by Crippen LogP contribution is -2.39. The van der Waals surface area contributed by atoms with Gasteiger partial charge in [0, 0.05) is 12.1 Å². The molecule has 2 aromatic rings. The van der Waals surface area contributed by atoms with Crippen molar-refractivity contribution in [2.75, 3.05) is 13.1 Å². The lowest BCUT2D eigenvalue weighted by molar-refractivity contribution is 0.338. The maximum Gasteiger partial charge on any atom is 0.123 e. The molecule has 0 radical (unpaired) electrons. The number of benzene rings is 2. The Morgan fingerprint density at radius 1 is 0.963 bits per heavy atom. The first-order chi connectivity index (χ1) is 13.2. The minimum atomic E-state index is -0.155. The Morgan fingerprint density at radius 3 is 2.41 bits per heavy atom. The van der Waals surface area contributed by atoms with Gasteiger partial charge in [-0.15, -0.1) is 0 Å². The van der Waals surface area contributed by atoms with Crippen LogP contribution < -0.4 is 10.6 Å². The standard InChI is InChI=1S/C24H31FN2/c25-23-8-6-22(7-9-23)24(12-1-2-13-24)27-18-21-5-3-4-20(17-21)16-19-10-14-26-15-11-19/h3-9,17,19,26-27H,1-2,10-16,18H2. The molecule has 27 heavy (non-hydrogen) atoms. The molecule has 0 unspecified atom stereocenters. The van der Waals surface area contributed by atoms with E-state index in [4.69, 9.17) is 0 Å². The van der Waals surface area contributed by atoms with Crippen LogP contribution in [-0.4, -0.2) is 13.1 Å². The molecule has 0 atom stereocenters. The quantitative estimate of drug-likeness (QED) is 0.758. The van der Waals surface area contributed by atoms with E-state index in [9.17, 15) is 4.39 Å². The lowest BCUT2D eigenvalue weighted by Gasteiger charge is -2.31. The average Bonchev–Trinajstić information content (AvgIpc) is 3.18. The van der Waals surface area contributed by atoms with E-state index in [-0.39, 0.29) is 11.4 Å². The zero-order valence-electron chi connectivity index (χ0n) is 16.1. The lowest BCUT2D eigenvalue weighted by atomic mass is 9.87. The second-order valence-electron chi connectivity index (χ2n) is 8.37. The van der Waals surface area contributed by atoms with Gasteiger partial charge in [0.25, 0.3) is 0 Å². The number of halogens is 1. The van der Waals surface area contributed by atoms with Crippen LogP contribution in [0, 0.1) is 11.7 Å². The second kappa shape index (κ2) is 8.53. The van der Waals surface area contributed by atoms with Crippen LogP contribution in [0.3, 0.4) is 0 Å². The summed E-state index contributed by atoms with van der Waals surface area (Å²) in [4.78, 5) is 0. The van der Waals surface area contributed by atoms with Crippen molar-refractivity contribution < 1.29 is 4.39 Å². The third-order valence-corrected chi connectivity index (χ3v) is 6.46. The van der Waals surface area contributed by atoms with Crippen LogP contribution in [0.2, 0.25) is 0 Å². The van der Waals surface area contributed by atoms with E-state index in [1.165, 1.54) is 48.8 Å². The highest BCUT2D eigenvalue weighted by atomic mass is 19.1. The fourth-order valence-corrected chi connectivity index (χ4v) is 4.87. The summed E-state index contributed by atoms with van der Waals surface area (Å²) in [5.74, 6) is 0.660. The third-order valence-electron chi connectivity index (χ3n) is 6.46. The van der Waals surface area contributed by atoms with Crippen LogP contribution in [0.1, 0.15) is 55.2 Å². The van der Waals surface area contributed by atoms with Crippen LogP contribution in [0.4, 0.5) is 4.39 Å². The average molecular weight is 367 g/mol. The Bertz CT molecular complexity index is 728.